The van der Waals surface area contributed by atoms with Gasteiger partial charge in [-0.2, -0.15) is 0 Å². The minimum atomic E-state index is -2.94. The quantitative estimate of drug-likeness (QED) is 0.753. The van der Waals surface area contributed by atoms with E-state index < -0.39 is 9.84 Å². The van der Waals surface area contributed by atoms with Crippen LogP contribution in [0.2, 0.25) is 0 Å². The second kappa shape index (κ2) is 7.89. The normalized spacial score (nSPS) is 19.0. The van der Waals surface area contributed by atoms with Gasteiger partial charge in [0.1, 0.15) is 9.84 Å². The van der Waals surface area contributed by atoms with Gasteiger partial charge in [-0.1, -0.05) is 13.0 Å². The van der Waals surface area contributed by atoms with Gasteiger partial charge in [0, 0.05) is 35.4 Å². The van der Waals surface area contributed by atoms with Gasteiger partial charge < -0.3 is 10.1 Å². The number of aromatic nitrogens is 1. The van der Waals surface area contributed by atoms with E-state index in [4.69, 9.17) is 0 Å². The fourth-order valence-electron chi connectivity index (χ4n) is 3.77. The van der Waals surface area contributed by atoms with Crippen LogP contribution in [0.5, 0.6) is 0 Å². The monoisotopic (exact) mass is 364 g/mol. The Balaban J connectivity index is 1.76. The Morgan fingerprint density at radius 2 is 2.20 bits per heavy atom. The first kappa shape index (κ1) is 18.4. The van der Waals surface area contributed by atoms with Crippen LogP contribution in [0.25, 0.3) is 10.9 Å². The number of rotatable bonds is 8. The molecule has 0 unspecified atom stereocenters. The van der Waals surface area contributed by atoms with Gasteiger partial charge in [-0.3, -0.25) is 4.90 Å². The Kier molecular flexibility index (Phi) is 5.81. The predicted molar refractivity (Wildman–Crippen MR) is 102 cm³/mol. The van der Waals surface area contributed by atoms with Gasteiger partial charge in [0.15, 0.2) is 0 Å². The molecular formula is C19H28N2O3S. The van der Waals surface area contributed by atoms with Crippen LogP contribution in [0.15, 0.2) is 24.4 Å². The molecule has 1 fully saturated rings. The summed E-state index contributed by atoms with van der Waals surface area (Å²) < 4.78 is 23.5. The molecule has 1 aromatic carbocycles. The highest BCUT2D eigenvalue weighted by Gasteiger charge is 2.24. The summed E-state index contributed by atoms with van der Waals surface area (Å²) in [5.74, 6) is 0.411. The van der Waals surface area contributed by atoms with E-state index in [2.05, 4.69) is 22.1 Å². The summed E-state index contributed by atoms with van der Waals surface area (Å²) in [4.78, 5) is 5.71. The molecule has 1 aliphatic heterocycles. The highest BCUT2D eigenvalue weighted by molar-refractivity contribution is 7.91. The Morgan fingerprint density at radius 3 is 2.96 bits per heavy atom. The summed E-state index contributed by atoms with van der Waals surface area (Å²) >= 11 is 0. The van der Waals surface area contributed by atoms with Crippen molar-refractivity contribution in [2.24, 2.45) is 0 Å². The van der Waals surface area contributed by atoms with E-state index in [1.54, 1.807) is 6.92 Å². The smallest absolute Gasteiger partial charge is 0.150 e. The van der Waals surface area contributed by atoms with Crippen LogP contribution < -0.4 is 0 Å². The maximum absolute atomic E-state index is 11.7. The lowest BCUT2D eigenvalue weighted by Crippen LogP contribution is -2.33. The number of sulfone groups is 1. The van der Waals surface area contributed by atoms with Crippen LogP contribution in [-0.4, -0.2) is 60.7 Å². The third-order valence-corrected chi connectivity index (χ3v) is 7.02. The third kappa shape index (κ3) is 4.43. The largest absolute Gasteiger partial charge is 0.395 e. The van der Waals surface area contributed by atoms with Crippen molar-refractivity contribution in [1.29, 1.82) is 0 Å². The molecule has 1 atom stereocenters. The van der Waals surface area contributed by atoms with Crippen molar-refractivity contribution < 1.29 is 13.5 Å². The minimum absolute atomic E-state index is 0.201. The van der Waals surface area contributed by atoms with Crippen molar-refractivity contribution in [2.45, 2.75) is 38.6 Å². The Morgan fingerprint density at radius 1 is 1.36 bits per heavy atom. The summed E-state index contributed by atoms with van der Waals surface area (Å²) in [5.41, 5.74) is 3.46. The lowest BCUT2D eigenvalue weighted by atomic mass is 10.0. The number of aliphatic hydroxyl groups is 1. The van der Waals surface area contributed by atoms with Gasteiger partial charge in [-0.05, 0) is 55.5 Å². The average Bonchev–Trinajstić information content (AvgIpc) is 3.21. The first-order valence-corrected chi connectivity index (χ1v) is 11.0. The third-order valence-electron chi connectivity index (χ3n) is 5.32. The van der Waals surface area contributed by atoms with E-state index in [0.29, 0.717) is 12.5 Å². The molecule has 6 heteroatoms. The van der Waals surface area contributed by atoms with Crippen LogP contribution in [-0.2, 0) is 22.7 Å². The molecule has 1 saturated heterocycles. The van der Waals surface area contributed by atoms with E-state index >= 15 is 0 Å². The second-order valence-corrected chi connectivity index (χ2v) is 9.41. The summed E-state index contributed by atoms with van der Waals surface area (Å²) in [5, 5.41) is 10.4. The van der Waals surface area contributed by atoms with Crippen molar-refractivity contribution in [1.82, 2.24) is 9.88 Å². The van der Waals surface area contributed by atoms with E-state index in [1.165, 1.54) is 23.8 Å². The average molecular weight is 365 g/mol. The van der Waals surface area contributed by atoms with Crippen LogP contribution >= 0.6 is 0 Å². The zero-order valence-corrected chi connectivity index (χ0v) is 15.7. The first-order valence-electron chi connectivity index (χ1n) is 9.16. The molecule has 2 N–H and O–H groups in total. The number of fused-ring (bicyclic) bond motifs is 1. The molecule has 0 spiro atoms. The molecule has 0 bridgehead atoms. The molecule has 1 aromatic heterocycles. The number of likely N-dealkylation sites (tertiary alicyclic amines) is 1. The van der Waals surface area contributed by atoms with Gasteiger partial charge in [0.2, 0.25) is 0 Å². The molecule has 0 amide bonds. The topological polar surface area (TPSA) is 73.4 Å². The van der Waals surface area contributed by atoms with Crippen molar-refractivity contribution in [3.05, 3.63) is 35.5 Å². The molecule has 25 heavy (non-hydrogen) atoms. The standard InChI is InChI=1S/C19H28N2O3S/c1-2-25(23,24)11-7-15-5-6-19-18(12-15)16(14-20-19)13-17-4-3-8-21(17)9-10-22/h5-6,12,14,17,20,22H,2-4,7-11,13H2,1H3/t17-/m1/s1. The van der Waals surface area contributed by atoms with Crippen molar-refractivity contribution in [2.75, 3.05) is 31.2 Å². The SMILES string of the molecule is CCS(=O)(=O)CCc1ccc2[nH]cc(C[C@H]3CCCN3CCO)c2c1. The van der Waals surface area contributed by atoms with Gasteiger partial charge >= 0.3 is 0 Å². The number of hydrogen-bond acceptors (Lipinski definition) is 4. The molecule has 0 radical (unpaired) electrons. The molecule has 0 aliphatic carbocycles. The second-order valence-electron chi connectivity index (χ2n) is 6.94. The minimum Gasteiger partial charge on any atom is -0.395 e. The highest BCUT2D eigenvalue weighted by atomic mass is 32.2. The zero-order chi connectivity index (χ0) is 17.9. The number of aromatic amines is 1. The number of β-amino-alcohol motifs (C(OH)–C–C–N with tert-alkyl or cyclic N) is 1. The maximum Gasteiger partial charge on any atom is 0.150 e. The predicted octanol–water partition coefficient (Wildman–Crippen LogP) is 2.14. The molecule has 2 heterocycles. The van der Waals surface area contributed by atoms with Crippen LogP contribution in [0.1, 0.15) is 30.9 Å². The Labute approximate surface area is 150 Å². The maximum atomic E-state index is 11.7. The zero-order valence-electron chi connectivity index (χ0n) is 14.9. The van der Waals surface area contributed by atoms with Crippen LogP contribution in [0.4, 0.5) is 0 Å². The first-order chi connectivity index (χ1) is 12.0. The summed E-state index contributed by atoms with van der Waals surface area (Å²) in [7, 11) is -2.94. The van der Waals surface area contributed by atoms with Gasteiger partial charge in [0.05, 0.1) is 12.4 Å². The number of nitrogens with zero attached hydrogens (tertiary/aromatic N) is 1. The number of benzene rings is 1. The summed E-state index contributed by atoms with van der Waals surface area (Å²) in [6, 6.07) is 6.68. The van der Waals surface area contributed by atoms with E-state index in [-0.39, 0.29) is 18.1 Å². The molecule has 5 nitrogen and oxygen atoms in total. The fraction of sp³-hybridized carbons (Fsp3) is 0.579. The molecule has 3 rings (SSSR count). The molecule has 0 saturated carbocycles. The Bertz CT molecular complexity index is 813. The van der Waals surface area contributed by atoms with Gasteiger partial charge in [0.25, 0.3) is 0 Å². The van der Waals surface area contributed by atoms with Crippen LogP contribution in [0.3, 0.4) is 0 Å². The van der Waals surface area contributed by atoms with Crippen molar-refractivity contribution in [3.8, 4) is 0 Å². The van der Waals surface area contributed by atoms with Gasteiger partial charge in [-0.15, -0.1) is 0 Å². The van der Waals surface area contributed by atoms with E-state index in [0.717, 1.165) is 30.6 Å². The fourth-order valence-corrected chi connectivity index (χ4v) is 4.61. The van der Waals surface area contributed by atoms with E-state index in [1.807, 2.05) is 12.1 Å². The highest BCUT2D eigenvalue weighted by Crippen LogP contribution is 2.26. The summed E-state index contributed by atoms with van der Waals surface area (Å²) in [6.45, 7) is 3.71. The Hall–Kier alpha value is -1.37. The lowest BCUT2D eigenvalue weighted by Gasteiger charge is -2.23. The van der Waals surface area contributed by atoms with Gasteiger partial charge in [-0.25, -0.2) is 8.42 Å². The molecule has 138 valence electrons. The molecule has 1 aliphatic rings. The number of nitrogens with one attached hydrogen (secondary N) is 1. The lowest BCUT2D eigenvalue weighted by molar-refractivity contribution is 0.184. The van der Waals surface area contributed by atoms with Crippen molar-refractivity contribution in [3.63, 3.8) is 0 Å². The number of H-pyrrole nitrogens is 1. The van der Waals surface area contributed by atoms with Crippen molar-refractivity contribution >= 4 is 20.7 Å². The number of aryl methyl sites for hydroxylation is 1. The summed E-state index contributed by atoms with van der Waals surface area (Å²) in [6.07, 6.45) is 5.97. The number of aliphatic hydroxyl groups excluding tert-OH is 1. The number of hydrogen-bond donors (Lipinski definition) is 2. The van der Waals surface area contributed by atoms with Crippen LogP contribution in [0, 0.1) is 0 Å². The van der Waals surface area contributed by atoms with E-state index in [9.17, 15) is 13.5 Å². The molecule has 2 aromatic rings. The molecular weight excluding hydrogens is 336 g/mol.